The molecule has 0 bridgehead atoms. The maximum absolute atomic E-state index is 15.6. The summed E-state index contributed by atoms with van der Waals surface area (Å²) in [6.07, 6.45) is 2.66. The number of halogens is 1. The van der Waals surface area contributed by atoms with Gasteiger partial charge in [-0.1, -0.05) is 134 Å². The van der Waals surface area contributed by atoms with Gasteiger partial charge in [0.05, 0.1) is 36.2 Å². The summed E-state index contributed by atoms with van der Waals surface area (Å²) in [6.45, 7) is 21.2. The van der Waals surface area contributed by atoms with Crippen LogP contribution in [0.25, 0.3) is 10.9 Å². The van der Waals surface area contributed by atoms with E-state index in [-0.39, 0.29) is 89.5 Å². The second-order valence-corrected chi connectivity index (χ2v) is 37.7. The van der Waals surface area contributed by atoms with Gasteiger partial charge in [0.1, 0.15) is 71.2 Å². The minimum atomic E-state index is -2.09. The van der Waals surface area contributed by atoms with E-state index >= 15 is 28.8 Å². The van der Waals surface area contributed by atoms with E-state index in [2.05, 4.69) is 84.7 Å². The normalized spacial score (nSPS) is 21.8. The van der Waals surface area contributed by atoms with Crippen LogP contribution >= 0.6 is 11.6 Å². The van der Waals surface area contributed by atoms with Crippen LogP contribution < -0.4 is 91.2 Å². The van der Waals surface area contributed by atoms with Gasteiger partial charge in [0.15, 0.2) is 0 Å². The van der Waals surface area contributed by atoms with Gasteiger partial charge in [0.2, 0.25) is 112 Å². The molecule has 2 heterocycles. The molecule has 1 aliphatic heterocycles. The predicted molar refractivity (Wildman–Crippen MR) is 522 cm³/mol. The Labute approximate surface area is 821 Å². The molecule has 0 radical (unpaired) electrons. The van der Waals surface area contributed by atoms with Gasteiger partial charge in [-0.2, -0.15) is 0 Å². The average Bonchev–Trinajstić information content (AvgIpc) is 1.45. The molecular weight excluding hydrogens is 1830 g/mol. The lowest BCUT2D eigenvalue weighted by Crippen LogP contribution is -2.65. The standard InChI is InChI=1S/C97H141ClN18O23.CH4/c1-51(2)42-65-50-102-69(36-38-76(99)120)82(126)81(125)56(8)105-89(133)75(46-64-49-103-71-47-66(98)32-35-68(64)71)111-90(134)73(45-63-30-33-67(119)34-31-63)110-88(132)70(37-39-77(121)122)113-95(139)97(15,116-92(136)74(44-62-28-24-23-25-29-62)112-93(137)78(60(12)117)114-91(135)72(43-52(3)4)109-61(13)118)41-27-22-20-18-16-17-19-21-26-40-96(14,115-87(65)131)94(138)108-59(11)86(130)107-58(10)85(129)106-57(9)84(128)104-55(7)80(124)79(123)54(6)101-48-53(5)83(100)127;/h17,19,23-25,28-35,47,49,51-60,65,69-70,72-75,78,101-103,117,119H,16,18,20-22,26-27,36-46,48,50H2,1-15H3,(H2,99,120)(H2,100,127)(H,104,128)(H,105,133)(H,106,129)(H,107,130)(H,108,138)(H,109,118)(H,110,132)(H,111,134)(H,112,137)(H,113,139)(H,114,135)(H,115,131)(H,116,136)(H,121,122);1H4/b19-17+;/t53-,54-,55-,56-,57?,58-,59?,60+,65+,69-,70-,72-,73?,74-,75-,78-,96-,97+;/m0./s1. The zero-order valence-electron chi connectivity index (χ0n) is 81.7. The first kappa shape index (κ1) is 119. The highest BCUT2D eigenvalue weighted by atomic mass is 35.5. The van der Waals surface area contributed by atoms with Crippen molar-refractivity contribution in [2.24, 2.45) is 35.1 Å². The number of primary amides is 2. The number of fused-ring (bicyclic) bond motifs is 1. The van der Waals surface area contributed by atoms with Crippen molar-refractivity contribution in [1.82, 2.24) is 84.7 Å². The molecule has 0 aliphatic carbocycles. The number of hydrogen-bond acceptors (Lipinski definition) is 24. The number of carbonyl (C=O) groups is 20. The van der Waals surface area contributed by atoms with Crippen molar-refractivity contribution >= 4 is 140 Å². The Balaban J connectivity index is 0.0000409. The SMILES string of the molecule is C.CC(=O)N[C@@H](CC(C)C)C(=O)N[C@H](C(=O)N[C@@H](Cc1ccccc1)C(=O)N[C@]1(C)CCCCCC/C=C/CCC[C@@](C)(C(=O)NC(C)C(=O)N[C@@H](C)C(=O)NC(C)C(=O)N[C@@H](C)C(=O)C(=O)[C@H](C)NC[C@H](C)C(N)=O)NC(=O)[C@H](CC(C)C)CN[C@@H](CCC(N)=O)C(=O)C(=O)[C@H](C)NC(=O)[C@H](Cc2c[nH]c3cc(Cl)ccc23)NC(=O)C(Cc2ccc(O)cc2)NC(=O)[C@H](CCC(=O)O)NC1=O)[C@@H](C)O. The number of ketones is 4. The minimum Gasteiger partial charge on any atom is -0.508 e. The molecule has 42 heteroatoms. The van der Waals surface area contributed by atoms with Crippen LogP contribution in [-0.4, -0.2) is 247 Å². The molecule has 15 amide bonds. The summed E-state index contributed by atoms with van der Waals surface area (Å²) in [5, 5.41) is 72.1. The average molecular weight is 1980 g/mol. The van der Waals surface area contributed by atoms with E-state index < -0.39 is 257 Å². The van der Waals surface area contributed by atoms with Gasteiger partial charge in [-0.05, 0) is 179 Å². The lowest BCUT2D eigenvalue weighted by atomic mass is 9.89. The Morgan fingerprint density at radius 1 is 0.550 bits per heavy atom. The molecule has 1 aliphatic rings. The largest absolute Gasteiger partial charge is 0.508 e. The highest BCUT2D eigenvalue weighted by Crippen LogP contribution is 2.27. The van der Waals surface area contributed by atoms with Crippen molar-refractivity contribution in [2.75, 3.05) is 13.1 Å². The number of Topliss-reactive ketones (excluding diaryl/α,β-unsaturated/α-hetero) is 4. The number of carbonyl (C=O) groups excluding carboxylic acids is 19. The lowest BCUT2D eigenvalue weighted by Gasteiger charge is -2.34. The molecular formula is C98H145ClN18O23. The zero-order valence-corrected chi connectivity index (χ0v) is 82.5. The monoisotopic (exact) mass is 1980 g/mol. The molecule has 0 saturated heterocycles. The number of carboxylic acids is 1. The molecule has 41 nitrogen and oxygen atoms in total. The topological polar surface area (TPSA) is 650 Å². The van der Waals surface area contributed by atoms with Gasteiger partial charge < -0.3 is 112 Å². The first-order valence-corrected chi connectivity index (χ1v) is 47.4. The van der Waals surface area contributed by atoms with E-state index in [4.69, 9.17) is 23.1 Å². The summed E-state index contributed by atoms with van der Waals surface area (Å²) in [6, 6.07) is -1.21. The number of nitrogens with one attached hydrogen (secondary N) is 16. The molecule has 23 N–H and O–H groups in total. The van der Waals surface area contributed by atoms with Crippen LogP contribution in [0.4, 0.5) is 0 Å². The summed E-state index contributed by atoms with van der Waals surface area (Å²) < 4.78 is 0. The molecule has 4 aromatic rings. The van der Waals surface area contributed by atoms with Crippen molar-refractivity contribution in [3.8, 4) is 5.75 Å². The maximum atomic E-state index is 15.6. The summed E-state index contributed by atoms with van der Waals surface area (Å²) in [7, 11) is 0. The second-order valence-electron chi connectivity index (χ2n) is 37.3. The molecule has 18 atom stereocenters. The first-order chi connectivity index (χ1) is 65.2. The van der Waals surface area contributed by atoms with Crippen LogP contribution in [0, 0.1) is 23.7 Å². The number of carboxylic acid groups (broad SMARTS) is 1. The number of allylic oxidation sites excluding steroid dienone is 2. The molecule has 3 unspecified atom stereocenters. The number of aromatic amines is 1. The van der Waals surface area contributed by atoms with Crippen molar-refractivity contribution in [1.29, 1.82) is 0 Å². The highest BCUT2D eigenvalue weighted by Gasteiger charge is 2.44. The van der Waals surface area contributed by atoms with Crippen LogP contribution in [0.1, 0.15) is 224 Å². The molecule has 0 spiro atoms. The molecule has 772 valence electrons. The van der Waals surface area contributed by atoms with Crippen LogP contribution in [0.15, 0.2) is 91.1 Å². The number of aliphatic carboxylic acids is 1. The quantitative estimate of drug-likeness (QED) is 0.0224. The number of rotatable bonds is 39. The zero-order chi connectivity index (χ0) is 104. The predicted octanol–water partition coefficient (Wildman–Crippen LogP) is 2.03. The third-order valence-corrected chi connectivity index (χ3v) is 24.1. The Morgan fingerprint density at radius 2 is 1.11 bits per heavy atom. The highest BCUT2D eigenvalue weighted by molar-refractivity contribution is 6.41. The molecule has 3 aromatic carbocycles. The van der Waals surface area contributed by atoms with Crippen molar-refractivity contribution in [3.05, 3.63) is 113 Å². The maximum Gasteiger partial charge on any atom is 0.303 e. The summed E-state index contributed by atoms with van der Waals surface area (Å²) in [5.41, 5.74) is 8.64. The smallest absolute Gasteiger partial charge is 0.303 e. The van der Waals surface area contributed by atoms with E-state index in [9.17, 15) is 82.4 Å². The van der Waals surface area contributed by atoms with E-state index in [1.165, 1.54) is 107 Å². The molecule has 0 fully saturated rings. The van der Waals surface area contributed by atoms with Gasteiger partial charge in [0, 0.05) is 80.2 Å². The van der Waals surface area contributed by atoms with Crippen molar-refractivity contribution in [3.63, 3.8) is 0 Å². The van der Waals surface area contributed by atoms with E-state index in [1.807, 2.05) is 12.2 Å². The number of aliphatic hydroxyl groups excluding tert-OH is 1. The summed E-state index contributed by atoms with van der Waals surface area (Å²) >= 11 is 6.39. The van der Waals surface area contributed by atoms with E-state index in [0.29, 0.717) is 64.7 Å². The second kappa shape index (κ2) is 57.6. The molecule has 0 saturated carbocycles. The fourth-order valence-electron chi connectivity index (χ4n) is 15.4. The number of H-pyrrole nitrogens is 1. The van der Waals surface area contributed by atoms with Crippen LogP contribution in [0.5, 0.6) is 5.75 Å². The van der Waals surface area contributed by atoms with Crippen LogP contribution in [-0.2, 0) is 115 Å². The third kappa shape index (κ3) is 39.4. The fourth-order valence-corrected chi connectivity index (χ4v) is 15.6. The number of aromatic nitrogens is 1. The van der Waals surface area contributed by atoms with E-state index in [1.54, 1.807) is 76.2 Å². The number of benzene rings is 3. The number of amides is 15. The fraction of sp³-hybridized carbons (Fsp3) is 0.571. The Bertz CT molecular complexity index is 5030. The minimum absolute atomic E-state index is 0. The lowest BCUT2D eigenvalue weighted by molar-refractivity contribution is -0.140. The van der Waals surface area contributed by atoms with Crippen molar-refractivity contribution < 1.29 is 111 Å². The van der Waals surface area contributed by atoms with Crippen LogP contribution in [0.3, 0.4) is 0 Å². The number of aliphatic hydroxyl groups is 1. The number of aromatic hydroxyl groups is 1. The van der Waals surface area contributed by atoms with Gasteiger partial charge in [-0.3, -0.25) is 95.9 Å². The Morgan fingerprint density at radius 3 is 1.69 bits per heavy atom. The number of phenols is 1. The van der Waals surface area contributed by atoms with Crippen LogP contribution in [0.2, 0.25) is 5.02 Å². The van der Waals surface area contributed by atoms with Gasteiger partial charge in [-0.25, -0.2) is 0 Å². The van der Waals surface area contributed by atoms with Gasteiger partial charge in [0.25, 0.3) is 0 Å². The number of phenolic OH excluding ortho intramolecular Hbond substituents is 1. The number of nitrogens with two attached hydrogens (primary N) is 2. The van der Waals surface area contributed by atoms with E-state index in [0.717, 1.165) is 0 Å². The molecule has 140 heavy (non-hydrogen) atoms. The Hall–Kier alpha value is -12.9. The summed E-state index contributed by atoms with van der Waals surface area (Å²) in [5.74, 6) is -21.8. The first-order valence-electron chi connectivity index (χ1n) is 47.0. The van der Waals surface area contributed by atoms with Crippen molar-refractivity contribution in [2.45, 2.75) is 323 Å². The third-order valence-electron chi connectivity index (χ3n) is 23.8. The molecule has 1 aromatic heterocycles. The number of hydrogen-bond donors (Lipinski definition) is 21. The van der Waals surface area contributed by atoms with Gasteiger partial charge >= 0.3 is 5.97 Å². The Kier molecular flexibility index (Phi) is 49.1. The summed E-state index contributed by atoms with van der Waals surface area (Å²) in [4.78, 5) is 284. The van der Waals surface area contributed by atoms with Gasteiger partial charge in [-0.15, -0.1) is 0 Å². The molecule has 5 rings (SSSR count).